The fourth-order valence-corrected chi connectivity index (χ4v) is 5.98. The van der Waals surface area contributed by atoms with Crippen molar-refractivity contribution in [2.24, 2.45) is 0 Å². The molecule has 2 heteroatoms. The Morgan fingerprint density at radius 2 is 1.46 bits per heavy atom. The summed E-state index contributed by atoms with van der Waals surface area (Å²) in [6, 6.07) is 4.95. The van der Waals surface area contributed by atoms with Crippen LogP contribution in [0.2, 0.25) is 0 Å². The molecule has 0 aliphatic rings. The molecule has 0 aromatic carbocycles. The Hall–Kier alpha value is -0.600. The lowest BCUT2D eigenvalue weighted by Crippen LogP contribution is -2.13. The highest BCUT2D eigenvalue weighted by Crippen LogP contribution is 2.46. The first kappa shape index (κ1) is 21.7. The highest BCUT2D eigenvalue weighted by Gasteiger charge is 2.25. The number of aryl methyl sites for hydroxylation is 2. The van der Waals surface area contributed by atoms with Crippen molar-refractivity contribution in [3.05, 3.63) is 33.0 Å². The van der Waals surface area contributed by atoms with E-state index in [1.165, 1.54) is 53.8 Å². The van der Waals surface area contributed by atoms with Crippen LogP contribution in [0.4, 0.5) is 0 Å². The number of hydrogen-bond donors (Lipinski definition) is 0. The first-order valence-corrected chi connectivity index (χ1v) is 12.0. The van der Waals surface area contributed by atoms with Crippen molar-refractivity contribution in [1.29, 1.82) is 0 Å². The highest BCUT2D eigenvalue weighted by molar-refractivity contribution is 7.22. The minimum Gasteiger partial charge on any atom is -0.139 e. The van der Waals surface area contributed by atoms with Crippen molar-refractivity contribution in [2.45, 2.75) is 105 Å². The van der Waals surface area contributed by atoms with Crippen LogP contribution in [0.3, 0.4) is 0 Å². The summed E-state index contributed by atoms with van der Waals surface area (Å²) in [6.07, 6.45) is 7.77. The maximum atomic E-state index is 2.53. The molecule has 2 aromatic rings. The van der Waals surface area contributed by atoms with Gasteiger partial charge < -0.3 is 0 Å². The fourth-order valence-electron chi connectivity index (χ4n) is 3.13. The van der Waals surface area contributed by atoms with Gasteiger partial charge in [-0.3, -0.25) is 0 Å². The molecule has 0 spiro atoms. The van der Waals surface area contributed by atoms with E-state index in [0.717, 1.165) is 0 Å². The Kier molecular flexibility index (Phi) is 7.18. The lowest BCUT2D eigenvalue weighted by molar-refractivity contribution is 0.516. The summed E-state index contributed by atoms with van der Waals surface area (Å²) < 4.78 is 0. The molecule has 0 atom stereocenters. The number of unbranched alkanes of at least 4 members (excludes halogenated alkanes) is 3. The quantitative estimate of drug-likeness (QED) is 0.395. The van der Waals surface area contributed by atoms with Crippen LogP contribution in [-0.2, 0) is 17.3 Å². The van der Waals surface area contributed by atoms with Gasteiger partial charge in [0, 0.05) is 19.5 Å². The molecule has 0 radical (unpaired) electrons. The molecule has 2 aromatic heterocycles. The van der Waals surface area contributed by atoms with Crippen LogP contribution in [0.1, 0.15) is 101 Å². The molecular weight excluding hydrogens is 352 g/mol. The lowest BCUT2D eigenvalue weighted by Gasteiger charge is -2.20. The van der Waals surface area contributed by atoms with Gasteiger partial charge in [0.2, 0.25) is 0 Å². The molecule has 0 saturated heterocycles. The van der Waals surface area contributed by atoms with Crippen LogP contribution in [0.25, 0.3) is 9.75 Å². The second-order valence-corrected chi connectivity index (χ2v) is 11.5. The molecule has 0 bridgehead atoms. The van der Waals surface area contributed by atoms with E-state index in [9.17, 15) is 0 Å². The molecule has 2 heterocycles. The third kappa shape index (κ3) is 5.01. The molecule has 0 amide bonds. The predicted octanol–water partition coefficient (Wildman–Crippen LogP) is 8.89. The molecule has 0 aliphatic heterocycles. The monoisotopic (exact) mass is 390 g/mol. The van der Waals surface area contributed by atoms with Crippen molar-refractivity contribution in [3.63, 3.8) is 0 Å². The zero-order chi connectivity index (χ0) is 19.5. The zero-order valence-corrected chi connectivity index (χ0v) is 19.8. The molecule has 0 unspecified atom stereocenters. The Bertz CT molecular complexity index is 707. The van der Waals surface area contributed by atoms with E-state index >= 15 is 0 Å². The average Bonchev–Trinajstić information content (AvgIpc) is 3.15. The Labute approximate surface area is 170 Å². The maximum Gasteiger partial charge on any atom is 0.0480 e. The number of hydrogen-bond acceptors (Lipinski definition) is 2. The fraction of sp³-hybridized carbons (Fsp3) is 0.667. The van der Waals surface area contributed by atoms with Gasteiger partial charge in [0.25, 0.3) is 0 Å². The molecule has 0 aliphatic carbocycles. The minimum atomic E-state index is 0.234. The van der Waals surface area contributed by atoms with Crippen LogP contribution in [-0.4, -0.2) is 0 Å². The summed E-state index contributed by atoms with van der Waals surface area (Å²) in [5.41, 5.74) is 3.56. The van der Waals surface area contributed by atoms with E-state index in [1.54, 1.807) is 15.3 Å². The minimum absolute atomic E-state index is 0.234. The largest absolute Gasteiger partial charge is 0.139 e. The topological polar surface area (TPSA) is 0 Å². The normalized spacial score (nSPS) is 12.8. The van der Waals surface area contributed by atoms with Crippen molar-refractivity contribution in [2.75, 3.05) is 0 Å². The Balaban J connectivity index is 2.43. The van der Waals surface area contributed by atoms with Crippen LogP contribution < -0.4 is 0 Å². The second kappa shape index (κ2) is 8.61. The zero-order valence-electron chi connectivity index (χ0n) is 18.2. The molecular formula is C24H38S2. The molecule has 0 N–H and O–H groups in total. The molecule has 0 fully saturated rings. The van der Waals surface area contributed by atoms with E-state index in [1.807, 2.05) is 11.3 Å². The smallest absolute Gasteiger partial charge is 0.0480 e. The van der Waals surface area contributed by atoms with Gasteiger partial charge in [-0.25, -0.2) is 0 Å². The van der Waals surface area contributed by atoms with Gasteiger partial charge in [-0.1, -0.05) is 67.7 Å². The molecule has 0 saturated carbocycles. The summed E-state index contributed by atoms with van der Waals surface area (Å²) in [6.45, 7) is 18.7. The van der Waals surface area contributed by atoms with Gasteiger partial charge in [0.1, 0.15) is 0 Å². The Morgan fingerprint density at radius 3 is 2.00 bits per heavy atom. The lowest BCUT2D eigenvalue weighted by atomic mass is 9.88. The van der Waals surface area contributed by atoms with Gasteiger partial charge in [-0.2, -0.15) is 0 Å². The molecule has 146 valence electrons. The third-order valence-electron chi connectivity index (χ3n) is 5.52. The average molecular weight is 391 g/mol. The first-order valence-electron chi connectivity index (χ1n) is 10.3. The summed E-state index contributed by atoms with van der Waals surface area (Å²) in [5, 5.41) is 0. The SMILES string of the molecule is CCCCCCc1cc(C(C)(C)CC)sc1-c1sc(C(C)(C)C)cc1C. The van der Waals surface area contributed by atoms with Crippen molar-refractivity contribution in [3.8, 4) is 9.75 Å². The predicted molar refractivity (Wildman–Crippen MR) is 122 cm³/mol. The summed E-state index contributed by atoms with van der Waals surface area (Å²) in [5.74, 6) is 0. The van der Waals surface area contributed by atoms with E-state index in [2.05, 4.69) is 78.9 Å². The molecule has 26 heavy (non-hydrogen) atoms. The third-order valence-corrected chi connectivity index (χ3v) is 8.89. The van der Waals surface area contributed by atoms with Crippen molar-refractivity contribution < 1.29 is 0 Å². The van der Waals surface area contributed by atoms with E-state index in [0.29, 0.717) is 0 Å². The van der Waals surface area contributed by atoms with Gasteiger partial charge in [-0.15, -0.1) is 22.7 Å². The Morgan fingerprint density at radius 1 is 0.808 bits per heavy atom. The van der Waals surface area contributed by atoms with Crippen molar-refractivity contribution >= 4 is 22.7 Å². The van der Waals surface area contributed by atoms with Crippen LogP contribution in [0.5, 0.6) is 0 Å². The summed E-state index contributed by atoms with van der Waals surface area (Å²) in [4.78, 5) is 6.14. The van der Waals surface area contributed by atoms with Crippen LogP contribution >= 0.6 is 22.7 Å². The van der Waals surface area contributed by atoms with Gasteiger partial charge in [0.05, 0.1) is 0 Å². The van der Waals surface area contributed by atoms with Crippen LogP contribution in [0, 0.1) is 6.92 Å². The standard InChI is InChI=1S/C24H38S2/c1-9-11-12-13-14-18-16-20(24(7,8)10-2)26-22(18)21-17(3)15-19(25-21)23(4,5)6/h15-16H,9-14H2,1-8H3. The van der Waals surface area contributed by atoms with Gasteiger partial charge >= 0.3 is 0 Å². The highest BCUT2D eigenvalue weighted by atomic mass is 32.1. The molecule has 2 rings (SSSR count). The van der Waals surface area contributed by atoms with Crippen LogP contribution in [0.15, 0.2) is 12.1 Å². The second-order valence-electron chi connectivity index (χ2n) is 9.39. The summed E-state index contributed by atoms with van der Waals surface area (Å²) in [7, 11) is 0. The number of thiophene rings is 2. The maximum absolute atomic E-state index is 2.53. The van der Waals surface area contributed by atoms with E-state index < -0.39 is 0 Å². The van der Waals surface area contributed by atoms with E-state index in [4.69, 9.17) is 0 Å². The first-order chi connectivity index (χ1) is 12.1. The summed E-state index contributed by atoms with van der Waals surface area (Å²) >= 11 is 4.08. The van der Waals surface area contributed by atoms with Gasteiger partial charge in [0.15, 0.2) is 0 Å². The molecule has 0 nitrogen and oxygen atoms in total. The van der Waals surface area contributed by atoms with E-state index in [-0.39, 0.29) is 10.8 Å². The van der Waals surface area contributed by atoms with Crippen molar-refractivity contribution in [1.82, 2.24) is 0 Å². The number of rotatable bonds is 8. The van der Waals surface area contributed by atoms with Gasteiger partial charge in [-0.05, 0) is 60.3 Å².